The molecule has 3 rings (SSSR count). The topological polar surface area (TPSA) is 45.2 Å². The average molecular weight is 346 g/mol. The second-order valence-corrected chi connectivity index (χ2v) is 5.99. The summed E-state index contributed by atoms with van der Waals surface area (Å²) in [6.45, 7) is 0.780. The van der Waals surface area contributed by atoms with Crippen LogP contribution in [0.2, 0.25) is 0 Å². The monoisotopic (exact) mass is 345 g/mol. The molecule has 2 amide bonds. The first-order valence-corrected chi connectivity index (χ1v) is 7.76. The van der Waals surface area contributed by atoms with Crippen LogP contribution in [0.4, 0.5) is 10.5 Å². The zero-order valence-corrected chi connectivity index (χ0v) is 13.1. The molecule has 1 aromatic carbocycles. The summed E-state index contributed by atoms with van der Waals surface area (Å²) in [6.07, 6.45) is 5.60. The summed E-state index contributed by atoms with van der Waals surface area (Å²) in [5.41, 5.74) is 1.90. The molecule has 4 nitrogen and oxygen atoms in total. The fourth-order valence-corrected chi connectivity index (χ4v) is 2.92. The molecule has 0 saturated carbocycles. The van der Waals surface area contributed by atoms with Crippen LogP contribution in [0.3, 0.4) is 0 Å². The third-order valence-corrected chi connectivity index (χ3v) is 4.21. The molecule has 2 aromatic rings. The van der Waals surface area contributed by atoms with E-state index in [0.29, 0.717) is 0 Å². The van der Waals surface area contributed by atoms with Crippen LogP contribution in [0.15, 0.2) is 53.3 Å². The number of likely N-dealkylation sites (tertiary alicyclic amines) is 1. The maximum atomic E-state index is 12.5. The highest BCUT2D eigenvalue weighted by Gasteiger charge is 2.30. The van der Waals surface area contributed by atoms with E-state index in [9.17, 15) is 4.79 Å². The molecule has 1 aliphatic rings. The number of rotatable bonds is 2. The van der Waals surface area contributed by atoms with Crippen LogP contribution in [0.5, 0.6) is 0 Å². The Labute approximate surface area is 132 Å². The van der Waals surface area contributed by atoms with E-state index in [2.05, 4.69) is 26.2 Å². The van der Waals surface area contributed by atoms with Gasteiger partial charge in [0.15, 0.2) is 0 Å². The summed E-state index contributed by atoms with van der Waals surface area (Å²) < 4.78 is 0.995. The number of carbonyl (C=O) groups excluding carboxylic acids is 1. The van der Waals surface area contributed by atoms with Gasteiger partial charge in [0.05, 0.1) is 6.04 Å². The predicted octanol–water partition coefficient (Wildman–Crippen LogP) is 4.21. The highest BCUT2D eigenvalue weighted by atomic mass is 79.9. The molecule has 1 unspecified atom stereocenters. The minimum Gasteiger partial charge on any atom is -0.317 e. The fraction of sp³-hybridized carbons (Fsp3) is 0.250. The molecule has 0 bridgehead atoms. The molecule has 2 heterocycles. The minimum atomic E-state index is -0.0522. The van der Waals surface area contributed by atoms with Gasteiger partial charge in [-0.25, -0.2) is 4.79 Å². The van der Waals surface area contributed by atoms with Gasteiger partial charge in [-0.3, -0.25) is 4.98 Å². The molecule has 1 atom stereocenters. The molecular formula is C16H16BrN3O. The van der Waals surface area contributed by atoms with E-state index in [0.717, 1.165) is 35.1 Å². The summed E-state index contributed by atoms with van der Waals surface area (Å²) in [6, 6.07) is 11.6. The van der Waals surface area contributed by atoms with Crippen molar-refractivity contribution >= 4 is 27.6 Å². The van der Waals surface area contributed by atoms with Gasteiger partial charge in [-0.1, -0.05) is 22.0 Å². The van der Waals surface area contributed by atoms with E-state index >= 15 is 0 Å². The number of carbonyl (C=O) groups is 1. The van der Waals surface area contributed by atoms with Crippen molar-refractivity contribution < 1.29 is 4.79 Å². The first-order valence-electron chi connectivity index (χ1n) is 6.97. The lowest BCUT2D eigenvalue weighted by Gasteiger charge is -2.25. The SMILES string of the molecule is O=C(Nc1ccc(Br)cc1)N1CCCC1c1cccnc1. The van der Waals surface area contributed by atoms with Gasteiger partial charge < -0.3 is 10.2 Å². The van der Waals surface area contributed by atoms with Crippen LogP contribution in [0.1, 0.15) is 24.4 Å². The Morgan fingerprint density at radius 3 is 2.81 bits per heavy atom. The van der Waals surface area contributed by atoms with Gasteiger partial charge >= 0.3 is 6.03 Å². The van der Waals surface area contributed by atoms with Crippen molar-refractivity contribution in [3.8, 4) is 0 Å². The molecular weight excluding hydrogens is 330 g/mol. The summed E-state index contributed by atoms with van der Waals surface area (Å²) in [5.74, 6) is 0. The number of halogens is 1. The Bertz CT molecular complexity index is 615. The number of amides is 2. The first-order chi connectivity index (χ1) is 10.2. The molecule has 1 fully saturated rings. The lowest BCUT2D eigenvalue weighted by Crippen LogP contribution is -2.34. The zero-order chi connectivity index (χ0) is 14.7. The highest BCUT2D eigenvalue weighted by molar-refractivity contribution is 9.10. The Balaban J connectivity index is 1.73. The number of anilines is 1. The molecule has 1 aliphatic heterocycles. The third-order valence-electron chi connectivity index (χ3n) is 3.68. The van der Waals surface area contributed by atoms with Crippen molar-refractivity contribution in [2.24, 2.45) is 0 Å². The van der Waals surface area contributed by atoms with Crippen LogP contribution in [-0.2, 0) is 0 Å². The van der Waals surface area contributed by atoms with Crippen LogP contribution < -0.4 is 5.32 Å². The molecule has 1 N–H and O–H groups in total. The number of nitrogens with zero attached hydrogens (tertiary/aromatic N) is 2. The molecule has 0 radical (unpaired) electrons. The van der Waals surface area contributed by atoms with Crippen LogP contribution >= 0.6 is 15.9 Å². The predicted molar refractivity (Wildman–Crippen MR) is 86.1 cm³/mol. The number of nitrogens with one attached hydrogen (secondary N) is 1. The van der Waals surface area contributed by atoms with Gasteiger partial charge in [0.25, 0.3) is 0 Å². The van der Waals surface area contributed by atoms with E-state index in [1.54, 1.807) is 6.20 Å². The largest absolute Gasteiger partial charge is 0.322 e. The maximum absolute atomic E-state index is 12.5. The van der Waals surface area contributed by atoms with Crippen LogP contribution in [0.25, 0.3) is 0 Å². The van der Waals surface area contributed by atoms with E-state index in [1.165, 1.54) is 0 Å². The summed E-state index contributed by atoms with van der Waals surface area (Å²) >= 11 is 3.39. The number of pyridine rings is 1. The van der Waals surface area contributed by atoms with Gasteiger partial charge in [-0.05, 0) is 48.7 Å². The molecule has 21 heavy (non-hydrogen) atoms. The number of aromatic nitrogens is 1. The maximum Gasteiger partial charge on any atom is 0.322 e. The summed E-state index contributed by atoms with van der Waals surface area (Å²) in [5, 5.41) is 2.96. The number of urea groups is 1. The van der Waals surface area contributed by atoms with Crippen molar-refractivity contribution in [1.82, 2.24) is 9.88 Å². The molecule has 1 aromatic heterocycles. The average Bonchev–Trinajstić information content (AvgIpc) is 3.00. The number of hydrogen-bond acceptors (Lipinski definition) is 2. The smallest absolute Gasteiger partial charge is 0.317 e. The van der Waals surface area contributed by atoms with E-state index in [1.807, 2.05) is 47.5 Å². The highest BCUT2D eigenvalue weighted by Crippen LogP contribution is 2.31. The lowest BCUT2D eigenvalue weighted by atomic mass is 10.1. The van der Waals surface area contributed by atoms with Gasteiger partial charge in [-0.15, -0.1) is 0 Å². The van der Waals surface area contributed by atoms with E-state index < -0.39 is 0 Å². The van der Waals surface area contributed by atoms with E-state index in [4.69, 9.17) is 0 Å². The van der Waals surface area contributed by atoms with Gasteiger partial charge in [0.1, 0.15) is 0 Å². The first kappa shape index (κ1) is 14.1. The second-order valence-electron chi connectivity index (χ2n) is 5.07. The normalized spacial score (nSPS) is 17.8. The number of benzene rings is 1. The van der Waals surface area contributed by atoms with E-state index in [-0.39, 0.29) is 12.1 Å². The van der Waals surface area contributed by atoms with Crippen molar-refractivity contribution in [1.29, 1.82) is 0 Å². The summed E-state index contributed by atoms with van der Waals surface area (Å²) in [4.78, 5) is 18.5. The van der Waals surface area contributed by atoms with Crippen LogP contribution in [-0.4, -0.2) is 22.5 Å². The van der Waals surface area contributed by atoms with Gasteiger partial charge in [0.2, 0.25) is 0 Å². The molecule has 5 heteroatoms. The van der Waals surface area contributed by atoms with Gasteiger partial charge in [0, 0.05) is 29.1 Å². The van der Waals surface area contributed by atoms with Crippen molar-refractivity contribution in [2.75, 3.05) is 11.9 Å². The molecule has 1 saturated heterocycles. The number of hydrogen-bond donors (Lipinski definition) is 1. The van der Waals surface area contributed by atoms with Crippen molar-refractivity contribution in [3.63, 3.8) is 0 Å². The molecule has 108 valence electrons. The Morgan fingerprint density at radius 2 is 2.10 bits per heavy atom. The fourth-order valence-electron chi connectivity index (χ4n) is 2.66. The zero-order valence-electron chi connectivity index (χ0n) is 11.5. The van der Waals surface area contributed by atoms with Gasteiger partial charge in [-0.2, -0.15) is 0 Å². The van der Waals surface area contributed by atoms with Crippen LogP contribution in [0, 0.1) is 0 Å². The molecule has 0 spiro atoms. The Hall–Kier alpha value is -1.88. The Kier molecular flexibility index (Phi) is 4.20. The summed E-state index contributed by atoms with van der Waals surface area (Å²) in [7, 11) is 0. The third kappa shape index (κ3) is 3.24. The quantitative estimate of drug-likeness (QED) is 0.885. The van der Waals surface area contributed by atoms with Crippen molar-refractivity contribution in [2.45, 2.75) is 18.9 Å². The second kappa shape index (κ2) is 6.26. The Morgan fingerprint density at radius 1 is 1.29 bits per heavy atom. The standard InChI is InChI=1S/C16H16BrN3O/c17-13-5-7-14(8-6-13)19-16(21)20-10-2-4-15(20)12-3-1-9-18-11-12/h1,3,5-9,11,15H,2,4,10H2,(H,19,21). The molecule has 0 aliphatic carbocycles. The minimum absolute atomic E-state index is 0.0522. The lowest BCUT2D eigenvalue weighted by molar-refractivity contribution is 0.207. The van der Waals surface area contributed by atoms with Crippen molar-refractivity contribution in [3.05, 3.63) is 58.8 Å².